The molecule has 1 aromatic heterocycles. The molecule has 1 fully saturated rings. The summed E-state index contributed by atoms with van der Waals surface area (Å²) < 4.78 is 15.4. The lowest BCUT2D eigenvalue weighted by Crippen LogP contribution is -2.23. The van der Waals surface area contributed by atoms with Gasteiger partial charge in [0.15, 0.2) is 5.17 Å². The Morgan fingerprint density at radius 2 is 1.61 bits per heavy atom. The first-order chi connectivity index (χ1) is 15.3. The van der Waals surface area contributed by atoms with Gasteiger partial charge in [-0.15, -0.1) is 0 Å². The van der Waals surface area contributed by atoms with Crippen LogP contribution in [0.15, 0.2) is 96.1 Å². The minimum atomic E-state index is -0.249. The Balaban J connectivity index is 1.51. The van der Waals surface area contributed by atoms with Gasteiger partial charge in [-0.2, -0.15) is 5.10 Å². The minimum absolute atomic E-state index is 0.249. The summed E-state index contributed by atoms with van der Waals surface area (Å²) in [6, 6.07) is 26.6. The Bertz CT molecular complexity index is 1190. The first-order valence-electron chi connectivity index (χ1n) is 10.2. The number of aliphatic imine (C=N–C) groups is 1. The molecule has 4 nitrogen and oxygen atoms in total. The molecule has 154 valence electrons. The molecular weight excluding hydrogens is 407 g/mol. The van der Waals surface area contributed by atoms with Crippen molar-refractivity contribution in [2.24, 2.45) is 4.99 Å². The molecule has 0 saturated carbocycles. The van der Waals surface area contributed by atoms with E-state index in [1.807, 2.05) is 65.3 Å². The van der Waals surface area contributed by atoms with Crippen LogP contribution in [0.3, 0.4) is 0 Å². The molecule has 1 saturated heterocycles. The SMILES string of the molecule is Fc1ccc(-c2nn(-c3ccccc3)cc2CN2CCSC2=Nc2ccccc2)cc1. The fourth-order valence-corrected chi connectivity index (χ4v) is 4.59. The molecule has 0 atom stereocenters. The van der Waals surface area contributed by atoms with Crippen molar-refractivity contribution in [1.82, 2.24) is 14.7 Å². The quantitative estimate of drug-likeness (QED) is 0.396. The summed E-state index contributed by atoms with van der Waals surface area (Å²) in [5, 5.41) is 5.87. The second-order valence-electron chi connectivity index (χ2n) is 7.29. The standard InChI is InChI=1S/C25H21FN4S/c26-21-13-11-19(12-14-21)24-20(18-30(28-24)23-9-5-2-6-10-23)17-29-15-16-31-25(29)27-22-7-3-1-4-8-22/h1-14,18H,15-17H2. The molecule has 31 heavy (non-hydrogen) atoms. The van der Waals surface area contributed by atoms with Crippen LogP contribution in [0.25, 0.3) is 16.9 Å². The van der Waals surface area contributed by atoms with Crippen LogP contribution in [0.1, 0.15) is 5.56 Å². The summed E-state index contributed by atoms with van der Waals surface area (Å²) in [5.41, 5.74) is 4.79. The molecule has 2 heterocycles. The van der Waals surface area contributed by atoms with Crippen molar-refractivity contribution < 1.29 is 4.39 Å². The molecule has 3 aromatic carbocycles. The van der Waals surface area contributed by atoms with Crippen LogP contribution in [0.5, 0.6) is 0 Å². The van der Waals surface area contributed by atoms with Crippen molar-refractivity contribution in [3.05, 3.63) is 103 Å². The number of halogens is 1. The molecule has 6 heteroatoms. The lowest BCUT2D eigenvalue weighted by Gasteiger charge is -2.17. The maximum Gasteiger partial charge on any atom is 0.164 e. The van der Waals surface area contributed by atoms with Crippen LogP contribution in [0.2, 0.25) is 0 Å². The number of hydrogen-bond acceptors (Lipinski definition) is 3. The highest BCUT2D eigenvalue weighted by atomic mass is 32.2. The van der Waals surface area contributed by atoms with Crippen LogP contribution in [-0.2, 0) is 6.54 Å². The predicted molar refractivity (Wildman–Crippen MR) is 125 cm³/mol. The van der Waals surface area contributed by atoms with Crippen molar-refractivity contribution in [3.63, 3.8) is 0 Å². The van der Waals surface area contributed by atoms with Crippen LogP contribution in [0, 0.1) is 5.82 Å². The molecule has 1 aliphatic heterocycles. The Morgan fingerprint density at radius 3 is 2.35 bits per heavy atom. The van der Waals surface area contributed by atoms with E-state index in [0.717, 1.165) is 45.7 Å². The summed E-state index contributed by atoms with van der Waals surface area (Å²) >= 11 is 1.77. The van der Waals surface area contributed by atoms with Gasteiger partial charge in [0.05, 0.1) is 17.1 Å². The molecule has 0 amide bonds. The van der Waals surface area contributed by atoms with Gasteiger partial charge in [-0.05, 0) is 48.5 Å². The highest BCUT2D eigenvalue weighted by molar-refractivity contribution is 8.14. The zero-order valence-corrected chi connectivity index (χ0v) is 17.7. The zero-order valence-electron chi connectivity index (χ0n) is 16.9. The summed E-state index contributed by atoms with van der Waals surface area (Å²) in [7, 11) is 0. The summed E-state index contributed by atoms with van der Waals surface area (Å²) in [6.45, 7) is 1.62. The molecule has 0 spiro atoms. The number of thioether (sulfide) groups is 1. The molecule has 1 aliphatic rings. The van der Waals surface area contributed by atoms with Crippen LogP contribution in [0.4, 0.5) is 10.1 Å². The van der Waals surface area contributed by atoms with E-state index in [9.17, 15) is 4.39 Å². The van der Waals surface area contributed by atoms with E-state index in [1.54, 1.807) is 23.9 Å². The van der Waals surface area contributed by atoms with E-state index in [1.165, 1.54) is 12.1 Å². The van der Waals surface area contributed by atoms with Crippen molar-refractivity contribution in [2.75, 3.05) is 12.3 Å². The first kappa shape index (κ1) is 19.6. The third kappa shape index (κ3) is 4.39. The smallest absolute Gasteiger partial charge is 0.164 e. The van der Waals surface area contributed by atoms with Crippen LogP contribution < -0.4 is 0 Å². The number of aromatic nitrogens is 2. The zero-order chi connectivity index (χ0) is 21.0. The van der Waals surface area contributed by atoms with Gasteiger partial charge in [-0.25, -0.2) is 14.1 Å². The van der Waals surface area contributed by atoms with Crippen molar-refractivity contribution in [1.29, 1.82) is 0 Å². The van der Waals surface area contributed by atoms with Gasteiger partial charge in [0.2, 0.25) is 0 Å². The molecular formula is C25H21FN4S. The number of para-hydroxylation sites is 2. The lowest BCUT2D eigenvalue weighted by atomic mass is 10.1. The van der Waals surface area contributed by atoms with Crippen molar-refractivity contribution >= 4 is 22.6 Å². The van der Waals surface area contributed by atoms with Gasteiger partial charge < -0.3 is 4.90 Å². The van der Waals surface area contributed by atoms with Crippen molar-refractivity contribution in [3.8, 4) is 16.9 Å². The molecule has 0 unspecified atom stereocenters. The Morgan fingerprint density at radius 1 is 0.903 bits per heavy atom. The number of benzene rings is 3. The largest absolute Gasteiger partial charge is 0.346 e. The topological polar surface area (TPSA) is 33.4 Å². The normalized spacial score (nSPS) is 15.0. The number of hydrogen-bond donors (Lipinski definition) is 0. The van der Waals surface area contributed by atoms with E-state index in [0.29, 0.717) is 6.54 Å². The molecule has 0 radical (unpaired) electrons. The van der Waals surface area contributed by atoms with E-state index in [-0.39, 0.29) is 5.82 Å². The van der Waals surface area contributed by atoms with Gasteiger partial charge in [0, 0.05) is 36.2 Å². The second-order valence-corrected chi connectivity index (χ2v) is 8.35. The summed E-state index contributed by atoms with van der Waals surface area (Å²) in [6.07, 6.45) is 2.07. The number of amidine groups is 1. The van der Waals surface area contributed by atoms with Gasteiger partial charge in [-0.3, -0.25) is 0 Å². The highest BCUT2D eigenvalue weighted by Gasteiger charge is 2.23. The maximum absolute atomic E-state index is 13.5. The highest BCUT2D eigenvalue weighted by Crippen LogP contribution is 2.29. The van der Waals surface area contributed by atoms with Crippen LogP contribution in [-0.4, -0.2) is 32.1 Å². The Kier molecular flexibility index (Phi) is 5.54. The Labute approximate surface area is 185 Å². The second kappa shape index (κ2) is 8.78. The lowest BCUT2D eigenvalue weighted by molar-refractivity contribution is 0.457. The predicted octanol–water partition coefficient (Wildman–Crippen LogP) is 5.91. The summed E-state index contributed by atoms with van der Waals surface area (Å²) in [4.78, 5) is 7.13. The summed E-state index contributed by atoms with van der Waals surface area (Å²) in [5.74, 6) is 0.755. The Hall–Kier alpha value is -3.38. The van der Waals surface area contributed by atoms with Crippen molar-refractivity contribution in [2.45, 2.75) is 6.54 Å². The van der Waals surface area contributed by atoms with E-state index < -0.39 is 0 Å². The number of rotatable bonds is 5. The average Bonchev–Trinajstić information content (AvgIpc) is 3.43. The molecule has 4 aromatic rings. The monoisotopic (exact) mass is 428 g/mol. The van der Waals surface area contributed by atoms with E-state index >= 15 is 0 Å². The van der Waals surface area contributed by atoms with Crippen LogP contribution >= 0.6 is 11.8 Å². The van der Waals surface area contributed by atoms with Gasteiger partial charge in [0.1, 0.15) is 5.82 Å². The average molecular weight is 429 g/mol. The van der Waals surface area contributed by atoms with E-state index in [2.05, 4.69) is 11.1 Å². The molecule has 0 bridgehead atoms. The molecule has 5 rings (SSSR count). The van der Waals surface area contributed by atoms with Gasteiger partial charge in [-0.1, -0.05) is 48.2 Å². The maximum atomic E-state index is 13.5. The fourth-order valence-electron chi connectivity index (χ4n) is 3.59. The third-order valence-electron chi connectivity index (χ3n) is 5.13. The van der Waals surface area contributed by atoms with E-state index in [4.69, 9.17) is 10.1 Å². The first-order valence-corrected chi connectivity index (χ1v) is 11.2. The number of nitrogens with zero attached hydrogens (tertiary/aromatic N) is 4. The minimum Gasteiger partial charge on any atom is -0.346 e. The molecule has 0 aliphatic carbocycles. The van der Waals surface area contributed by atoms with Gasteiger partial charge in [0.25, 0.3) is 0 Å². The van der Waals surface area contributed by atoms with Gasteiger partial charge >= 0.3 is 0 Å². The fraction of sp³-hybridized carbons (Fsp3) is 0.120. The molecule has 0 N–H and O–H groups in total. The third-order valence-corrected chi connectivity index (χ3v) is 6.13.